The summed E-state index contributed by atoms with van der Waals surface area (Å²) in [4.78, 5) is 10.6. The Labute approximate surface area is 84.5 Å². The van der Waals surface area contributed by atoms with Gasteiger partial charge in [0.25, 0.3) is 0 Å². The molecule has 1 heterocycles. The molecule has 0 unspecified atom stereocenters. The second-order valence-corrected chi connectivity index (χ2v) is 3.73. The van der Waals surface area contributed by atoms with Gasteiger partial charge in [0, 0.05) is 17.3 Å². The molecule has 1 aliphatic rings. The van der Waals surface area contributed by atoms with Crippen molar-refractivity contribution < 1.29 is 0 Å². The highest BCUT2D eigenvalue weighted by Crippen LogP contribution is 2.32. The van der Waals surface area contributed by atoms with Crippen LogP contribution in [0.3, 0.4) is 0 Å². The topological polar surface area (TPSA) is 29.0 Å². The van der Waals surface area contributed by atoms with Gasteiger partial charge in [-0.3, -0.25) is 0 Å². The van der Waals surface area contributed by atoms with Gasteiger partial charge in [0.2, 0.25) is 0 Å². The van der Waals surface area contributed by atoms with Crippen LogP contribution in [0.25, 0.3) is 0 Å². The molecule has 0 aliphatic heterocycles. The summed E-state index contributed by atoms with van der Waals surface area (Å²) in [6.07, 6.45) is 5.98. The molecule has 1 aliphatic carbocycles. The highest BCUT2D eigenvalue weighted by atomic mass is 15.2. The number of hydrogen-bond acceptors (Lipinski definition) is 3. The van der Waals surface area contributed by atoms with Gasteiger partial charge in [-0.15, -0.1) is 0 Å². The summed E-state index contributed by atoms with van der Waals surface area (Å²) < 4.78 is 0. The van der Waals surface area contributed by atoms with Gasteiger partial charge in [-0.25, -0.2) is 9.97 Å². The maximum absolute atomic E-state index is 4.32. The molecule has 3 heteroatoms. The number of anilines is 1. The van der Waals surface area contributed by atoms with E-state index in [1.54, 1.807) is 6.33 Å². The minimum absolute atomic E-state index is 0.612. The van der Waals surface area contributed by atoms with Crippen molar-refractivity contribution in [3.63, 3.8) is 0 Å². The van der Waals surface area contributed by atoms with Gasteiger partial charge in [0.05, 0.1) is 0 Å². The Balaban J connectivity index is 2.37. The van der Waals surface area contributed by atoms with E-state index in [1.807, 2.05) is 13.1 Å². The predicted octanol–water partition coefficient (Wildman–Crippen LogP) is 2.21. The molecule has 0 N–H and O–H groups in total. The summed E-state index contributed by atoms with van der Waals surface area (Å²) in [5, 5.41) is 0. The fourth-order valence-corrected chi connectivity index (χ4v) is 1.55. The lowest BCUT2D eigenvalue weighted by Gasteiger charge is -2.20. The summed E-state index contributed by atoms with van der Waals surface area (Å²) in [5.74, 6) is 1.01. The van der Waals surface area contributed by atoms with E-state index in [0.717, 1.165) is 17.1 Å². The minimum atomic E-state index is 0.612. The van der Waals surface area contributed by atoms with Crippen molar-refractivity contribution in [1.29, 1.82) is 0 Å². The average molecular weight is 189 g/mol. The van der Waals surface area contributed by atoms with Crippen LogP contribution in [0.4, 0.5) is 5.82 Å². The second kappa shape index (κ2) is 3.40. The Bertz CT molecular complexity index is 356. The molecule has 1 aromatic heterocycles. The number of aryl methyl sites for hydroxylation is 1. The normalized spacial score (nSPS) is 15.3. The third-order valence-corrected chi connectivity index (χ3v) is 2.69. The number of rotatable bonds is 3. The van der Waals surface area contributed by atoms with E-state index in [0.29, 0.717) is 6.04 Å². The molecular weight excluding hydrogens is 174 g/mol. The molecular formula is C11H15N3. The first kappa shape index (κ1) is 9.19. The first-order valence-corrected chi connectivity index (χ1v) is 4.93. The largest absolute Gasteiger partial charge is 0.330 e. The van der Waals surface area contributed by atoms with Crippen molar-refractivity contribution in [2.24, 2.45) is 0 Å². The van der Waals surface area contributed by atoms with Crippen LogP contribution in [-0.2, 0) is 0 Å². The Hall–Kier alpha value is -1.38. The molecule has 0 amide bonds. The smallest absolute Gasteiger partial charge is 0.139 e. The van der Waals surface area contributed by atoms with Gasteiger partial charge in [0.15, 0.2) is 0 Å². The lowest BCUT2D eigenvalue weighted by atomic mass is 10.2. The third kappa shape index (κ3) is 1.50. The highest BCUT2D eigenvalue weighted by Gasteiger charge is 2.29. The van der Waals surface area contributed by atoms with Crippen LogP contribution in [-0.4, -0.2) is 16.0 Å². The molecule has 1 fully saturated rings. The number of nitrogens with zero attached hydrogens (tertiary/aromatic N) is 3. The van der Waals surface area contributed by atoms with E-state index in [4.69, 9.17) is 0 Å². The molecule has 2 rings (SSSR count). The standard InChI is InChI=1S/C11H15N3/c1-4-14(10-5-6-10)11-8(2)9(3)12-7-13-11/h4,7,10H,1,5-6H2,2-3H3. The van der Waals surface area contributed by atoms with Gasteiger partial charge >= 0.3 is 0 Å². The molecule has 1 aromatic rings. The van der Waals surface area contributed by atoms with E-state index in [2.05, 4.69) is 28.4 Å². The summed E-state index contributed by atoms with van der Waals surface area (Å²) in [5.41, 5.74) is 2.20. The summed E-state index contributed by atoms with van der Waals surface area (Å²) in [6.45, 7) is 7.90. The minimum Gasteiger partial charge on any atom is -0.330 e. The average Bonchev–Trinajstić information content (AvgIpc) is 2.97. The molecule has 14 heavy (non-hydrogen) atoms. The molecule has 0 atom stereocenters. The monoisotopic (exact) mass is 189 g/mol. The third-order valence-electron chi connectivity index (χ3n) is 2.69. The predicted molar refractivity (Wildman–Crippen MR) is 57.2 cm³/mol. The van der Waals surface area contributed by atoms with E-state index >= 15 is 0 Å². The molecule has 3 nitrogen and oxygen atoms in total. The molecule has 0 bridgehead atoms. The van der Waals surface area contributed by atoms with Gasteiger partial charge in [-0.1, -0.05) is 6.58 Å². The van der Waals surface area contributed by atoms with Gasteiger partial charge in [0.1, 0.15) is 12.1 Å². The lowest BCUT2D eigenvalue weighted by molar-refractivity contribution is 0.907. The van der Waals surface area contributed by atoms with E-state index < -0.39 is 0 Å². The van der Waals surface area contributed by atoms with E-state index in [1.165, 1.54) is 12.8 Å². The van der Waals surface area contributed by atoms with Crippen molar-refractivity contribution in [2.75, 3.05) is 4.90 Å². The summed E-state index contributed by atoms with van der Waals surface area (Å²) >= 11 is 0. The number of aromatic nitrogens is 2. The first-order valence-electron chi connectivity index (χ1n) is 4.93. The SMILES string of the molecule is C=CN(c1ncnc(C)c1C)C1CC1. The first-order chi connectivity index (χ1) is 6.74. The van der Waals surface area contributed by atoms with Gasteiger partial charge in [-0.2, -0.15) is 0 Å². The highest BCUT2D eigenvalue weighted by molar-refractivity contribution is 5.51. The fourth-order valence-electron chi connectivity index (χ4n) is 1.55. The summed E-state index contributed by atoms with van der Waals surface area (Å²) in [7, 11) is 0. The van der Waals surface area contributed by atoms with Crippen LogP contribution in [0.1, 0.15) is 24.1 Å². The molecule has 1 saturated carbocycles. The maximum Gasteiger partial charge on any atom is 0.139 e. The molecule has 0 spiro atoms. The van der Waals surface area contributed by atoms with Crippen molar-refractivity contribution >= 4 is 5.82 Å². The molecule has 74 valence electrons. The zero-order chi connectivity index (χ0) is 10.1. The van der Waals surface area contributed by atoms with Crippen LogP contribution in [0.5, 0.6) is 0 Å². The van der Waals surface area contributed by atoms with Crippen LogP contribution in [0, 0.1) is 13.8 Å². The Morgan fingerprint density at radius 3 is 2.71 bits per heavy atom. The Morgan fingerprint density at radius 2 is 2.14 bits per heavy atom. The fraction of sp³-hybridized carbons (Fsp3) is 0.455. The van der Waals surface area contributed by atoms with Crippen molar-refractivity contribution in [3.8, 4) is 0 Å². The van der Waals surface area contributed by atoms with Crippen molar-refractivity contribution in [3.05, 3.63) is 30.4 Å². The van der Waals surface area contributed by atoms with Gasteiger partial charge in [-0.05, 0) is 32.9 Å². The quantitative estimate of drug-likeness (QED) is 0.730. The molecule has 0 aromatic carbocycles. The summed E-state index contributed by atoms with van der Waals surface area (Å²) in [6, 6.07) is 0.612. The van der Waals surface area contributed by atoms with E-state index in [9.17, 15) is 0 Å². The lowest BCUT2D eigenvalue weighted by Crippen LogP contribution is -2.20. The van der Waals surface area contributed by atoms with Crippen LogP contribution >= 0.6 is 0 Å². The zero-order valence-electron chi connectivity index (χ0n) is 8.70. The second-order valence-electron chi connectivity index (χ2n) is 3.73. The maximum atomic E-state index is 4.32. The van der Waals surface area contributed by atoms with Crippen molar-refractivity contribution in [1.82, 2.24) is 9.97 Å². The Morgan fingerprint density at radius 1 is 1.43 bits per heavy atom. The Kier molecular flexibility index (Phi) is 2.23. The van der Waals surface area contributed by atoms with Crippen LogP contribution < -0.4 is 4.90 Å². The number of hydrogen-bond donors (Lipinski definition) is 0. The molecule has 0 radical (unpaired) electrons. The van der Waals surface area contributed by atoms with Crippen molar-refractivity contribution in [2.45, 2.75) is 32.7 Å². The zero-order valence-corrected chi connectivity index (χ0v) is 8.70. The van der Waals surface area contributed by atoms with Crippen LogP contribution in [0.2, 0.25) is 0 Å². The van der Waals surface area contributed by atoms with Gasteiger partial charge < -0.3 is 4.90 Å². The van der Waals surface area contributed by atoms with Crippen LogP contribution in [0.15, 0.2) is 19.1 Å². The van der Waals surface area contributed by atoms with E-state index in [-0.39, 0.29) is 0 Å². The molecule has 0 saturated heterocycles.